The van der Waals surface area contributed by atoms with E-state index in [9.17, 15) is 18.8 Å². The van der Waals surface area contributed by atoms with Crippen LogP contribution in [-0.2, 0) is 9.59 Å². The normalized spacial score (nSPS) is 17.2. The van der Waals surface area contributed by atoms with E-state index in [4.69, 9.17) is 0 Å². The van der Waals surface area contributed by atoms with Crippen molar-refractivity contribution in [3.63, 3.8) is 0 Å². The Morgan fingerprint density at radius 1 is 1.17 bits per heavy atom. The SMILES string of the molecule is C[C@H]1CC(=O)N(c2ccc(C(=O)Nc3cccc(F)c3)cc2)C1=O. The average molecular weight is 326 g/mol. The Morgan fingerprint density at radius 3 is 2.46 bits per heavy atom. The van der Waals surface area contributed by atoms with Crippen molar-refractivity contribution < 1.29 is 18.8 Å². The number of nitrogens with one attached hydrogen (secondary N) is 1. The standard InChI is InChI=1S/C18H15FN2O3/c1-11-9-16(22)21(18(11)24)15-7-5-12(6-8-15)17(23)20-14-4-2-3-13(19)10-14/h2-8,10-11H,9H2,1H3,(H,20,23)/t11-/m0/s1. The van der Waals surface area contributed by atoms with Gasteiger partial charge in [-0.2, -0.15) is 0 Å². The summed E-state index contributed by atoms with van der Waals surface area (Å²) >= 11 is 0. The third-order valence-electron chi connectivity index (χ3n) is 3.84. The molecule has 0 radical (unpaired) electrons. The van der Waals surface area contributed by atoms with E-state index in [1.54, 1.807) is 25.1 Å². The number of anilines is 2. The van der Waals surface area contributed by atoms with Crippen LogP contribution in [0.5, 0.6) is 0 Å². The number of benzene rings is 2. The lowest BCUT2D eigenvalue weighted by Gasteiger charge is -2.14. The zero-order valence-electron chi connectivity index (χ0n) is 13.0. The average Bonchev–Trinajstić information content (AvgIpc) is 2.80. The number of carbonyl (C=O) groups excluding carboxylic acids is 3. The van der Waals surface area contributed by atoms with E-state index in [0.29, 0.717) is 16.9 Å². The maximum atomic E-state index is 13.1. The van der Waals surface area contributed by atoms with Crippen molar-refractivity contribution in [2.45, 2.75) is 13.3 Å². The predicted molar refractivity (Wildman–Crippen MR) is 87.1 cm³/mol. The monoisotopic (exact) mass is 326 g/mol. The van der Waals surface area contributed by atoms with Crippen molar-refractivity contribution in [2.75, 3.05) is 10.2 Å². The second kappa shape index (κ2) is 6.23. The first-order chi connectivity index (χ1) is 11.5. The molecule has 5 nitrogen and oxygen atoms in total. The van der Waals surface area contributed by atoms with Gasteiger partial charge in [-0.1, -0.05) is 13.0 Å². The van der Waals surface area contributed by atoms with Gasteiger partial charge < -0.3 is 5.32 Å². The van der Waals surface area contributed by atoms with E-state index < -0.39 is 11.7 Å². The highest BCUT2D eigenvalue weighted by Crippen LogP contribution is 2.26. The summed E-state index contributed by atoms with van der Waals surface area (Å²) in [5.74, 6) is -1.65. The number of hydrogen-bond acceptors (Lipinski definition) is 3. The molecule has 1 N–H and O–H groups in total. The van der Waals surface area contributed by atoms with Gasteiger partial charge >= 0.3 is 0 Å². The smallest absolute Gasteiger partial charge is 0.255 e. The molecule has 6 heteroatoms. The molecular weight excluding hydrogens is 311 g/mol. The van der Waals surface area contributed by atoms with Gasteiger partial charge in [-0.15, -0.1) is 0 Å². The van der Waals surface area contributed by atoms with E-state index >= 15 is 0 Å². The van der Waals surface area contributed by atoms with Crippen molar-refractivity contribution >= 4 is 29.1 Å². The van der Waals surface area contributed by atoms with Crippen LogP contribution in [0.4, 0.5) is 15.8 Å². The topological polar surface area (TPSA) is 66.5 Å². The van der Waals surface area contributed by atoms with Crippen LogP contribution in [0.3, 0.4) is 0 Å². The highest BCUT2D eigenvalue weighted by Gasteiger charge is 2.36. The number of amides is 3. The fraction of sp³-hybridized carbons (Fsp3) is 0.167. The molecule has 0 unspecified atom stereocenters. The van der Waals surface area contributed by atoms with E-state index in [-0.39, 0.29) is 24.2 Å². The van der Waals surface area contributed by atoms with E-state index in [2.05, 4.69) is 5.32 Å². The van der Waals surface area contributed by atoms with Gasteiger partial charge in [0, 0.05) is 23.6 Å². The van der Waals surface area contributed by atoms with Crippen LogP contribution < -0.4 is 10.2 Å². The van der Waals surface area contributed by atoms with Crippen molar-refractivity contribution in [3.05, 3.63) is 59.9 Å². The molecule has 1 heterocycles. The molecule has 0 saturated carbocycles. The van der Waals surface area contributed by atoms with Crippen molar-refractivity contribution in [2.24, 2.45) is 5.92 Å². The molecule has 2 aromatic carbocycles. The highest BCUT2D eigenvalue weighted by atomic mass is 19.1. The highest BCUT2D eigenvalue weighted by molar-refractivity contribution is 6.20. The number of imide groups is 1. The van der Waals surface area contributed by atoms with Crippen molar-refractivity contribution in [1.29, 1.82) is 0 Å². The Hall–Kier alpha value is -3.02. The number of rotatable bonds is 3. The van der Waals surface area contributed by atoms with Crippen LogP contribution in [-0.4, -0.2) is 17.7 Å². The Kier molecular flexibility index (Phi) is 4.12. The van der Waals surface area contributed by atoms with E-state index in [1.165, 1.54) is 30.3 Å². The zero-order chi connectivity index (χ0) is 17.3. The Labute approximate surface area is 138 Å². The summed E-state index contributed by atoms with van der Waals surface area (Å²) in [7, 11) is 0. The molecule has 2 aromatic rings. The molecule has 1 fully saturated rings. The number of halogens is 1. The van der Waals surface area contributed by atoms with Crippen LogP contribution in [0.15, 0.2) is 48.5 Å². The van der Waals surface area contributed by atoms with Crippen LogP contribution in [0.2, 0.25) is 0 Å². The molecule has 0 aromatic heterocycles. The molecule has 3 rings (SSSR count). The van der Waals surface area contributed by atoms with E-state index in [0.717, 1.165) is 4.90 Å². The Bertz CT molecular complexity index is 817. The van der Waals surface area contributed by atoms with Crippen LogP contribution in [0.25, 0.3) is 0 Å². The molecule has 0 aliphatic carbocycles. The second-order valence-electron chi connectivity index (χ2n) is 5.68. The lowest BCUT2D eigenvalue weighted by atomic mass is 10.1. The molecule has 0 bridgehead atoms. The molecule has 0 spiro atoms. The fourth-order valence-electron chi connectivity index (χ4n) is 2.59. The maximum Gasteiger partial charge on any atom is 0.255 e. The summed E-state index contributed by atoms with van der Waals surface area (Å²) in [4.78, 5) is 37.2. The van der Waals surface area contributed by atoms with Gasteiger partial charge in [-0.3, -0.25) is 19.3 Å². The van der Waals surface area contributed by atoms with Crippen LogP contribution in [0, 0.1) is 11.7 Å². The first kappa shape index (κ1) is 15.9. The maximum absolute atomic E-state index is 13.1. The first-order valence-electron chi connectivity index (χ1n) is 7.49. The summed E-state index contributed by atoms with van der Waals surface area (Å²) in [6, 6.07) is 11.7. The quantitative estimate of drug-likeness (QED) is 0.882. The molecular formula is C18H15FN2O3. The van der Waals surface area contributed by atoms with Gasteiger partial charge in [0.05, 0.1) is 5.69 Å². The van der Waals surface area contributed by atoms with Crippen LogP contribution >= 0.6 is 0 Å². The lowest BCUT2D eigenvalue weighted by Crippen LogP contribution is -2.30. The fourth-order valence-corrected chi connectivity index (χ4v) is 2.59. The van der Waals surface area contributed by atoms with Gasteiger partial charge in [-0.05, 0) is 42.5 Å². The van der Waals surface area contributed by atoms with Gasteiger partial charge in [0.25, 0.3) is 5.91 Å². The number of carbonyl (C=O) groups is 3. The van der Waals surface area contributed by atoms with Crippen molar-refractivity contribution in [1.82, 2.24) is 0 Å². The number of hydrogen-bond donors (Lipinski definition) is 1. The molecule has 1 aliphatic heterocycles. The Balaban J connectivity index is 1.76. The Morgan fingerprint density at radius 2 is 1.88 bits per heavy atom. The lowest BCUT2D eigenvalue weighted by molar-refractivity contribution is -0.122. The van der Waals surface area contributed by atoms with Gasteiger partial charge in [-0.25, -0.2) is 4.39 Å². The summed E-state index contributed by atoms with van der Waals surface area (Å²) in [6.45, 7) is 1.71. The van der Waals surface area contributed by atoms with E-state index in [1.807, 2.05) is 0 Å². The second-order valence-corrected chi connectivity index (χ2v) is 5.68. The van der Waals surface area contributed by atoms with Crippen LogP contribution in [0.1, 0.15) is 23.7 Å². The minimum atomic E-state index is -0.441. The minimum absolute atomic E-state index is 0.195. The zero-order valence-corrected chi connectivity index (χ0v) is 13.0. The molecule has 122 valence electrons. The van der Waals surface area contributed by atoms with Gasteiger partial charge in [0.15, 0.2) is 0 Å². The first-order valence-corrected chi connectivity index (χ1v) is 7.49. The summed E-state index contributed by atoms with van der Waals surface area (Å²) in [5.41, 5.74) is 1.13. The summed E-state index contributed by atoms with van der Waals surface area (Å²) in [5, 5.41) is 2.59. The molecule has 24 heavy (non-hydrogen) atoms. The van der Waals surface area contributed by atoms with Crippen molar-refractivity contribution in [3.8, 4) is 0 Å². The molecule has 1 saturated heterocycles. The molecule has 1 atom stereocenters. The predicted octanol–water partition coefficient (Wildman–Crippen LogP) is 2.98. The molecule has 3 amide bonds. The third kappa shape index (κ3) is 3.03. The largest absolute Gasteiger partial charge is 0.322 e. The summed E-state index contributed by atoms with van der Waals surface area (Å²) in [6.07, 6.45) is 0.195. The van der Waals surface area contributed by atoms with Gasteiger partial charge in [0.1, 0.15) is 5.82 Å². The van der Waals surface area contributed by atoms with Gasteiger partial charge in [0.2, 0.25) is 11.8 Å². The summed E-state index contributed by atoms with van der Waals surface area (Å²) < 4.78 is 13.1. The minimum Gasteiger partial charge on any atom is -0.322 e. The molecule has 1 aliphatic rings. The third-order valence-corrected chi connectivity index (χ3v) is 3.84. The number of nitrogens with zero attached hydrogens (tertiary/aromatic N) is 1.